The van der Waals surface area contributed by atoms with Crippen molar-refractivity contribution in [1.82, 2.24) is 16.0 Å². The number of amides is 4. The zero-order valence-corrected chi connectivity index (χ0v) is 18.9. The van der Waals surface area contributed by atoms with Crippen molar-refractivity contribution in [2.24, 2.45) is 17.2 Å². The maximum absolute atomic E-state index is 12.7. The third-order valence-corrected chi connectivity index (χ3v) is 4.62. The average Bonchev–Trinajstić information content (AvgIpc) is 2.74. The van der Waals surface area contributed by atoms with Gasteiger partial charge in [0.2, 0.25) is 23.6 Å². The van der Waals surface area contributed by atoms with Crippen LogP contribution in [0.2, 0.25) is 0 Å². The number of aliphatic carboxylic acids is 3. The highest BCUT2D eigenvalue weighted by Crippen LogP contribution is 2.04. The number of hydrogen-bond acceptors (Lipinski definition) is 9. The smallest absolute Gasteiger partial charge is 0.326 e. The fourth-order valence-electron chi connectivity index (χ4n) is 2.78. The van der Waals surface area contributed by atoms with Gasteiger partial charge in [-0.1, -0.05) is 6.42 Å². The molecule has 4 unspecified atom stereocenters. The lowest BCUT2D eigenvalue weighted by molar-refractivity contribution is -0.147. The number of primary amides is 1. The van der Waals surface area contributed by atoms with E-state index in [1.807, 2.05) is 5.32 Å². The lowest BCUT2D eigenvalue weighted by atomic mass is 10.1. The Morgan fingerprint density at radius 3 is 1.66 bits per heavy atom. The van der Waals surface area contributed by atoms with Gasteiger partial charge in [0.1, 0.15) is 18.1 Å². The van der Waals surface area contributed by atoms with Crippen LogP contribution in [-0.2, 0) is 33.6 Å². The molecule has 0 saturated carbocycles. The summed E-state index contributed by atoms with van der Waals surface area (Å²) in [7, 11) is 0. The number of unbranched alkanes of at least 4 members (excludes halogenated alkanes) is 1. The molecule has 0 fully saturated rings. The molecule has 0 heterocycles. The monoisotopic (exact) mass is 504 g/mol. The molecule has 0 aromatic carbocycles. The van der Waals surface area contributed by atoms with Crippen LogP contribution in [0.4, 0.5) is 0 Å². The molecule has 198 valence electrons. The van der Waals surface area contributed by atoms with Crippen molar-refractivity contribution in [3.05, 3.63) is 0 Å². The van der Waals surface area contributed by atoms with E-state index in [4.69, 9.17) is 32.5 Å². The first-order valence-corrected chi connectivity index (χ1v) is 10.6. The van der Waals surface area contributed by atoms with Crippen LogP contribution < -0.4 is 33.2 Å². The number of carboxylic acids is 3. The molecule has 0 aliphatic rings. The lowest BCUT2D eigenvalue weighted by Crippen LogP contribution is -2.57. The molecule has 0 rings (SSSR count). The number of carbonyl (C=O) groups excluding carboxylic acids is 4. The van der Waals surface area contributed by atoms with Crippen LogP contribution in [0.25, 0.3) is 0 Å². The predicted molar refractivity (Wildman–Crippen MR) is 117 cm³/mol. The van der Waals surface area contributed by atoms with Crippen LogP contribution in [0, 0.1) is 0 Å². The number of nitrogens with one attached hydrogen (secondary N) is 3. The van der Waals surface area contributed by atoms with E-state index in [1.165, 1.54) is 0 Å². The highest BCUT2D eigenvalue weighted by Gasteiger charge is 2.32. The van der Waals surface area contributed by atoms with E-state index in [1.54, 1.807) is 0 Å². The van der Waals surface area contributed by atoms with Crippen molar-refractivity contribution >= 4 is 41.5 Å². The van der Waals surface area contributed by atoms with Gasteiger partial charge in [-0.3, -0.25) is 28.8 Å². The third kappa shape index (κ3) is 13.5. The largest absolute Gasteiger partial charge is 0.481 e. The predicted octanol–water partition coefficient (Wildman–Crippen LogP) is -3.80. The first-order chi connectivity index (χ1) is 16.3. The summed E-state index contributed by atoms with van der Waals surface area (Å²) in [6.45, 7) is 0.377. The fraction of sp³-hybridized carbons (Fsp3) is 0.632. The molecule has 0 aliphatic heterocycles. The molecule has 4 amide bonds. The molecular formula is C19H32N6O10. The number of hydrogen-bond donors (Lipinski definition) is 9. The first kappa shape index (κ1) is 31.2. The molecule has 16 nitrogen and oxygen atoms in total. The molecule has 0 radical (unpaired) electrons. The van der Waals surface area contributed by atoms with Crippen molar-refractivity contribution in [3.63, 3.8) is 0 Å². The van der Waals surface area contributed by atoms with E-state index in [9.17, 15) is 33.6 Å². The lowest BCUT2D eigenvalue weighted by Gasteiger charge is -2.24. The van der Waals surface area contributed by atoms with Crippen molar-refractivity contribution < 1.29 is 48.9 Å². The molecule has 0 aromatic rings. The maximum atomic E-state index is 12.7. The second kappa shape index (κ2) is 15.9. The van der Waals surface area contributed by atoms with Gasteiger partial charge in [0.15, 0.2) is 0 Å². The summed E-state index contributed by atoms with van der Waals surface area (Å²) in [6, 6.07) is -6.18. The fourth-order valence-corrected chi connectivity index (χ4v) is 2.78. The van der Waals surface area contributed by atoms with Crippen molar-refractivity contribution in [2.45, 2.75) is 69.1 Å². The minimum atomic E-state index is -1.85. The maximum Gasteiger partial charge on any atom is 0.326 e. The number of nitrogens with two attached hydrogens (primary N) is 3. The van der Waals surface area contributed by atoms with E-state index < -0.39 is 91.4 Å². The Balaban J connectivity index is 5.54. The van der Waals surface area contributed by atoms with Gasteiger partial charge < -0.3 is 48.5 Å². The van der Waals surface area contributed by atoms with Gasteiger partial charge in [0.05, 0.1) is 18.9 Å². The number of rotatable bonds is 18. The summed E-state index contributed by atoms with van der Waals surface area (Å²) in [4.78, 5) is 81.9. The van der Waals surface area contributed by atoms with E-state index >= 15 is 0 Å². The van der Waals surface area contributed by atoms with Crippen LogP contribution in [0.1, 0.15) is 44.9 Å². The highest BCUT2D eigenvalue weighted by atomic mass is 16.4. The molecule has 16 heteroatoms. The van der Waals surface area contributed by atoms with E-state index in [2.05, 4.69) is 10.6 Å². The third-order valence-electron chi connectivity index (χ3n) is 4.62. The van der Waals surface area contributed by atoms with Crippen LogP contribution >= 0.6 is 0 Å². The summed E-state index contributed by atoms with van der Waals surface area (Å²) in [5, 5.41) is 33.2. The Hall–Kier alpha value is -3.79. The second-order valence-corrected chi connectivity index (χ2v) is 7.61. The Kier molecular flexibility index (Phi) is 14.2. The van der Waals surface area contributed by atoms with E-state index in [0.717, 1.165) is 0 Å². The van der Waals surface area contributed by atoms with Crippen LogP contribution in [0.15, 0.2) is 0 Å². The van der Waals surface area contributed by atoms with Crippen molar-refractivity contribution in [1.29, 1.82) is 0 Å². The molecular weight excluding hydrogens is 472 g/mol. The molecule has 12 N–H and O–H groups in total. The van der Waals surface area contributed by atoms with Gasteiger partial charge in [-0.2, -0.15) is 0 Å². The van der Waals surface area contributed by atoms with Gasteiger partial charge in [-0.05, 0) is 25.8 Å². The molecule has 0 spiro atoms. The minimum Gasteiger partial charge on any atom is -0.481 e. The zero-order chi connectivity index (χ0) is 27.1. The SMILES string of the molecule is NCCCCC(N)C(=O)NC(CC(=O)O)C(=O)NC(CCC(N)=O)C(=O)NC(CC(=O)O)C(=O)O. The summed E-state index contributed by atoms with van der Waals surface area (Å²) >= 11 is 0. The van der Waals surface area contributed by atoms with Gasteiger partial charge >= 0.3 is 17.9 Å². The van der Waals surface area contributed by atoms with Gasteiger partial charge in [-0.25, -0.2) is 4.79 Å². The Morgan fingerprint density at radius 2 is 1.17 bits per heavy atom. The van der Waals surface area contributed by atoms with Gasteiger partial charge in [-0.15, -0.1) is 0 Å². The average molecular weight is 504 g/mol. The summed E-state index contributed by atoms with van der Waals surface area (Å²) in [5.41, 5.74) is 16.2. The minimum absolute atomic E-state index is 0.217. The van der Waals surface area contributed by atoms with Crippen LogP contribution in [0.5, 0.6) is 0 Å². The van der Waals surface area contributed by atoms with Gasteiger partial charge in [0.25, 0.3) is 0 Å². The van der Waals surface area contributed by atoms with Crippen molar-refractivity contribution in [2.75, 3.05) is 6.54 Å². The number of carboxylic acid groups (broad SMARTS) is 3. The Morgan fingerprint density at radius 1 is 0.686 bits per heavy atom. The molecule has 0 aromatic heterocycles. The summed E-state index contributed by atoms with van der Waals surface area (Å²) < 4.78 is 0. The zero-order valence-electron chi connectivity index (χ0n) is 18.9. The normalized spacial score (nSPS) is 14.0. The van der Waals surface area contributed by atoms with Gasteiger partial charge in [0, 0.05) is 6.42 Å². The Bertz CT molecular complexity index is 805. The topological polar surface area (TPSA) is 294 Å². The van der Waals surface area contributed by atoms with Crippen LogP contribution in [0.3, 0.4) is 0 Å². The standard InChI is InChI=1S/C19H32N6O10/c20-6-2-1-3-9(21)16(31)24-11(7-14(27)28)18(33)23-10(4-5-13(22)26)17(32)25-12(19(34)35)8-15(29)30/h9-12H,1-8,20-21H2,(H2,22,26)(H,23,33)(H,24,31)(H,25,32)(H,27,28)(H,29,30)(H,34,35). The molecule has 4 atom stereocenters. The Labute approximate surface area is 199 Å². The summed E-state index contributed by atoms with van der Waals surface area (Å²) in [6.07, 6.45) is -1.39. The highest BCUT2D eigenvalue weighted by molar-refractivity contribution is 5.96. The molecule has 0 bridgehead atoms. The quantitative estimate of drug-likeness (QED) is 0.0812. The van der Waals surface area contributed by atoms with E-state index in [0.29, 0.717) is 19.4 Å². The van der Waals surface area contributed by atoms with Crippen LogP contribution in [-0.4, -0.2) is 87.6 Å². The number of carbonyl (C=O) groups is 7. The summed E-state index contributed by atoms with van der Waals surface area (Å²) in [5.74, 6) is -8.64. The van der Waals surface area contributed by atoms with E-state index in [-0.39, 0.29) is 6.42 Å². The van der Waals surface area contributed by atoms with Crippen molar-refractivity contribution in [3.8, 4) is 0 Å². The molecule has 0 aliphatic carbocycles. The second-order valence-electron chi connectivity index (χ2n) is 7.61. The molecule has 35 heavy (non-hydrogen) atoms. The molecule has 0 saturated heterocycles. The first-order valence-electron chi connectivity index (χ1n) is 10.6.